The SMILES string of the molecule is CCOC(=O)C1=C[C@H]2O[C@H]2[C@H](O)[C@H]1NC(=O)OC(C)(C)C. The maximum absolute atomic E-state index is 11.9. The highest BCUT2D eigenvalue weighted by atomic mass is 16.6. The van der Waals surface area contributed by atoms with Gasteiger partial charge in [0.1, 0.15) is 23.9 Å². The molecular weight excluding hydrogens is 278 g/mol. The van der Waals surface area contributed by atoms with Crippen molar-refractivity contribution in [3.05, 3.63) is 11.6 Å². The molecule has 1 fully saturated rings. The molecule has 4 atom stereocenters. The summed E-state index contributed by atoms with van der Waals surface area (Å²) in [6.07, 6.45) is -0.829. The quantitative estimate of drug-likeness (QED) is 0.582. The monoisotopic (exact) mass is 299 g/mol. The molecule has 0 saturated carbocycles. The van der Waals surface area contributed by atoms with Gasteiger partial charge < -0.3 is 24.6 Å². The van der Waals surface area contributed by atoms with Gasteiger partial charge in [-0.25, -0.2) is 9.59 Å². The molecule has 7 heteroatoms. The third-order valence-corrected chi connectivity index (χ3v) is 3.10. The lowest BCUT2D eigenvalue weighted by Crippen LogP contribution is -2.51. The van der Waals surface area contributed by atoms with E-state index >= 15 is 0 Å². The first-order valence-electron chi connectivity index (χ1n) is 6.95. The van der Waals surface area contributed by atoms with Crippen molar-refractivity contribution in [1.29, 1.82) is 0 Å². The standard InChI is InChI=1S/C14H21NO6/c1-5-19-12(17)7-6-8-11(20-8)10(16)9(7)15-13(18)21-14(2,3)4/h6,8-11,16H,5H2,1-4H3,(H,15,18)/t8-,9+,10-,11-/m1/s1. The highest BCUT2D eigenvalue weighted by Gasteiger charge is 2.53. The fourth-order valence-electron chi connectivity index (χ4n) is 2.21. The van der Waals surface area contributed by atoms with Crippen LogP contribution >= 0.6 is 0 Å². The van der Waals surface area contributed by atoms with E-state index in [2.05, 4.69) is 5.32 Å². The molecule has 0 unspecified atom stereocenters. The average Bonchev–Trinajstić information content (AvgIpc) is 3.10. The lowest BCUT2D eigenvalue weighted by Gasteiger charge is -2.28. The van der Waals surface area contributed by atoms with Gasteiger partial charge in [0.05, 0.1) is 18.2 Å². The van der Waals surface area contributed by atoms with Gasteiger partial charge in [-0.3, -0.25) is 0 Å². The Morgan fingerprint density at radius 1 is 1.43 bits per heavy atom. The lowest BCUT2D eigenvalue weighted by atomic mass is 9.91. The van der Waals surface area contributed by atoms with Crippen LogP contribution in [0.1, 0.15) is 27.7 Å². The van der Waals surface area contributed by atoms with Gasteiger partial charge in [0.25, 0.3) is 0 Å². The largest absolute Gasteiger partial charge is 0.463 e. The molecule has 0 radical (unpaired) electrons. The molecule has 0 spiro atoms. The number of ether oxygens (including phenoxy) is 3. The zero-order valence-electron chi connectivity index (χ0n) is 12.6. The van der Waals surface area contributed by atoms with Crippen molar-refractivity contribution in [2.75, 3.05) is 6.61 Å². The predicted molar refractivity (Wildman–Crippen MR) is 72.5 cm³/mol. The number of hydrogen-bond acceptors (Lipinski definition) is 6. The number of hydrogen-bond donors (Lipinski definition) is 2. The van der Waals surface area contributed by atoms with Crippen molar-refractivity contribution in [3.63, 3.8) is 0 Å². The van der Waals surface area contributed by atoms with E-state index in [1.165, 1.54) is 0 Å². The number of fused-ring (bicyclic) bond motifs is 1. The van der Waals surface area contributed by atoms with Crippen LogP contribution in [0.15, 0.2) is 11.6 Å². The number of esters is 1. The van der Waals surface area contributed by atoms with E-state index in [1.54, 1.807) is 33.8 Å². The van der Waals surface area contributed by atoms with Crippen molar-refractivity contribution in [2.45, 2.75) is 57.6 Å². The molecule has 1 heterocycles. The second-order valence-electron chi connectivity index (χ2n) is 6.02. The van der Waals surface area contributed by atoms with Gasteiger partial charge in [-0.2, -0.15) is 0 Å². The molecule has 0 aromatic rings. The second-order valence-corrected chi connectivity index (χ2v) is 6.02. The smallest absolute Gasteiger partial charge is 0.408 e. The van der Waals surface area contributed by atoms with Crippen LogP contribution in [0.5, 0.6) is 0 Å². The Morgan fingerprint density at radius 3 is 2.67 bits per heavy atom. The Balaban J connectivity index is 2.10. The van der Waals surface area contributed by atoms with E-state index in [-0.39, 0.29) is 18.3 Å². The summed E-state index contributed by atoms with van der Waals surface area (Å²) in [5, 5.41) is 12.7. The van der Waals surface area contributed by atoms with Gasteiger partial charge in [-0.15, -0.1) is 0 Å². The van der Waals surface area contributed by atoms with E-state index in [1.807, 2.05) is 0 Å². The highest BCUT2D eigenvalue weighted by molar-refractivity contribution is 5.91. The number of alkyl carbamates (subject to hydrolysis) is 1. The Labute approximate surface area is 123 Å². The summed E-state index contributed by atoms with van der Waals surface area (Å²) in [7, 11) is 0. The van der Waals surface area contributed by atoms with Crippen LogP contribution in [0, 0.1) is 0 Å². The molecule has 21 heavy (non-hydrogen) atoms. The molecule has 0 bridgehead atoms. The molecule has 1 aliphatic heterocycles. The summed E-state index contributed by atoms with van der Waals surface area (Å²) in [4.78, 5) is 23.8. The third-order valence-electron chi connectivity index (χ3n) is 3.10. The van der Waals surface area contributed by atoms with E-state index in [9.17, 15) is 14.7 Å². The Kier molecular flexibility index (Phi) is 4.25. The lowest BCUT2D eigenvalue weighted by molar-refractivity contribution is -0.139. The van der Waals surface area contributed by atoms with Crippen LogP contribution in [0.4, 0.5) is 4.79 Å². The predicted octanol–water partition coefficient (Wildman–Crippen LogP) is 0.511. The summed E-state index contributed by atoms with van der Waals surface area (Å²) in [6, 6.07) is -0.900. The molecule has 0 aromatic carbocycles. The van der Waals surface area contributed by atoms with Crippen LogP contribution in [-0.2, 0) is 19.0 Å². The Bertz CT molecular complexity index is 467. The summed E-state index contributed by atoms with van der Waals surface area (Å²) >= 11 is 0. The van der Waals surface area contributed by atoms with Crippen LogP contribution in [0.3, 0.4) is 0 Å². The summed E-state index contributed by atoms with van der Waals surface area (Å²) < 4.78 is 15.3. The minimum Gasteiger partial charge on any atom is -0.463 e. The normalized spacial score (nSPS) is 30.8. The van der Waals surface area contributed by atoms with Gasteiger partial charge in [-0.1, -0.05) is 0 Å². The van der Waals surface area contributed by atoms with Crippen molar-refractivity contribution >= 4 is 12.1 Å². The number of epoxide rings is 1. The summed E-state index contributed by atoms with van der Waals surface area (Å²) in [5.41, 5.74) is -0.482. The Hall–Kier alpha value is -1.60. The van der Waals surface area contributed by atoms with E-state index in [0.717, 1.165) is 0 Å². The van der Waals surface area contributed by atoms with Crippen molar-refractivity contribution < 1.29 is 28.9 Å². The summed E-state index contributed by atoms with van der Waals surface area (Å²) in [6.45, 7) is 7.08. The third kappa shape index (κ3) is 3.74. The zero-order chi connectivity index (χ0) is 15.8. The van der Waals surface area contributed by atoms with Crippen molar-refractivity contribution in [2.24, 2.45) is 0 Å². The first kappa shape index (κ1) is 15.8. The molecule has 1 saturated heterocycles. The fraction of sp³-hybridized carbons (Fsp3) is 0.714. The molecule has 1 amide bonds. The minimum absolute atomic E-state index is 0.189. The second kappa shape index (κ2) is 5.65. The number of carbonyl (C=O) groups excluding carboxylic acids is 2. The first-order chi connectivity index (χ1) is 9.73. The van der Waals surface area contributed by atoms with Crippen LogP contribution in [0.2, 0.25) is 0 Å². The summed E-state index contributed by atoms with van der Waals surface area (Å²) in [5.74, 6) is -0.577. The fourth-order valence-corrected chi connectivity index (χ4v) is 2.21. The number of aliphatic hydroxyl groups excluding tert-OH is 1. The minimum atomic E-state index is -1.01. The average molecular weight is 299 g/mol. The highest BCUT2D eigenvalue weighted by Crippen LogP contribution is 2.36. The maximum Gasteiger partial charge on any atom is 0.408 e. The van der Waals surface area contributed by atoms with Gasteiger partial charge in [0, 0.05) is 0 Å². The van der Waals surface area contributed by atoms with Gasteiger partial charge in [0.15, 0.2) is 0 Å². The molecule has 7 nitrogen and oxygen atoms in total. The number of rotatable bonds is 3. The Morgan fingerprint density at radius 2 is 2.10 bits per heavy atom. The molecule has 2 aliphatic rings. The molecular formula is C14H21NO6. The van der Waals surface area contributed by atoms with Crippen molar-refractivity contribution in [1.82, 2.24) is 5.32 Å². The molecule has 1 aliphatic carbocycles. The molecule has 2 N–H and O–H groups in total. The van der Waals surface area contributed by atoms with E-state index in [0.29, 0.717) is 0 Å². The van der Waals surface area contributed by atoms with Gasteiger partial charge >= 0.3 is 12.1 Å². The molecule has 2 rings (SSSR count). The topological polar surface area (TPSA) is 97.4 Å². The van der Waals surface area contributed by atoms with Crippen LogP contribution < -0.4 is 5.32 Å². The number of aliphatic hydroxyl groups is 1. The molecule has 0 aromatic heterocycles. The van der Waals surface area contributed by atoms with Crippen molar-refractivity contribution in [3.8, 4) is 0 Å². The first-order valence-corrected chi connectivity index (χ1v) is 6.95. The van der Waals surface area contributed by atoms with Crippen LogP contribution in [0.25, 0.3) is 0 Å². The van der Waals surface area contributed by atoms with Crippen LogP contribution in [-0.4, -0.2) is 53.7 Å². The zero-order valence-corrected chi connectivity index (χ0v) is 12.6. The van der Waals surface area contributed by atoms with Gasteiger partial charge in [0.2, 0.25) is 0 Å². The number of carbonyl (C=O) groups is 2. The van der Waals surface area contributed by atoms with Gasteiger partial charge in [-0.05, 0) is 33.8 Å². The number of nitrogens with one attached hydrogen (secondary N) is 1. The molecule has 118 valence electrons. The van der Waals surface area contributed by atoms with E-state index < -0.39 is 35.9 Å². The van der Waals surface area contributed by atoms with E-state index in [4.69, 9.17) is 14.2 Å². The maximum atomic E-state index is 11.9. The number of amides is 1.